The van der Waals surface area contributed by atoms with Crippen molar-refractivity contribution in [2.45, 2.75) is 14.0 Å². The van der Waals surface area contributed by atoms with Gasteiger partial charge in [0, 0.05) is 28.1 Å². The fourth-order valence-electron chi connectivity index (χ4n) is 10.4. The SMILES string of the molecule is C.CP(=S)(c1ccccc1)c1ccccc1.S=P(OCc1ccccc1)(c1ccccc1)c1ccccc1.S=P(SSP(=S)(c1ccccc1)c1ccccc1)(c1ccccc1)c1ccccc1.S=P(c1ccccc1)(c1ccccc1)P(=S)(c1ccccc1)c1ccccc1. The molecule has 0 N–H and O–H groups in total. The summed E-state index contributed by atoms with van der Waals surface area (Å²) >= 11 is 38.0. The van der Waals surface area contributed by atoms with E-state index in [1.165, 1.54) is 53.0 Å². The number of rotatable bonds is 19. The first-order valence-corrected chi connectivity index (χ1v) is 51.9. The van der Waals surface area contributed by atoms with Crippen molar-refractivity contribution in [3.05, 3.63) is 400 Å². The second-order valence-electron chi connectivity index (χ2n) is 21.7. The molecule has 0 heterocycles. The Bertz CT molecular complexity index is 4310. The molecule has 0 aliphatic carbocycles. The van der Waals surface area contributed by atoms with E-state index in [2.05, 4.69) is 286 Å². The third kappa shape index (κ3) is 18.3. The van der Waals surface area contributed by atoms with Gasteiger partial charge in [-0.3, -0.25) is 0 Å². The Morgan fingerprint density at radius 3 is 0.604 bits per heavy atom. The van der Waals surface area contributed by atoms with Crippen molar-refractivity contribution >= 4 is 190 Å². The van der Waals surface area contributed by atoms with Crippen LogP contribution in [0.4, 0.5) is 0 Å². The third-order valence-corrected chi connectivity index (χ3v) is 61.4. The summed E-state index contributed by atoms with van der Waals surface area (Å²) in [6.45, 7) is 2.72. The maximum Gasteiger partial charge on any atom is 0.123 e. The molecule has 96 heavy (non-hydrogen) atoms. The lowest BCUT2D eigenvalue weighted by atomic mass is 10.2. The van der Waals surface area contributed by atoms with E-state index in [1.807, 2.05) is 136 Å². The van der Waals surface area contributed by atoms with Crippen LogP contribution in [0.3, 0.4) is 0 Å². The third-order valence-electron chi connectivity index (χ3n) is 15.4. The highest BCUT2D eigenvalue weighted by Gasteiger charge is 2.41. The van der Waals surface area contributed by atoms with Crippen molar-refractivity contribution in [1.29, 1.82) is 0 Å². The fraction of sp³-hybridized carbons (Fsp3) is 0.0370. The first-order chi connectivity index (χ1) is 46.3. The van der Waals surface area contributed by atoms with Crippen LogP contribution in [0.2, 0.25) is 0 Å². The number of hydrogen-bond donors (Lipinski definition) is 0. The summed E-state index contributed by atoms with van der Waals surface area (Å²) in [5.41, 5.74) is -3.52. The normalized spacial score (nSPS) is 11.5. The van der Waals surface area contributed by atoms with Crippen LogP contribution in [-0.4, -0.2) is 6.66 Å². The van der Waals surface area contributed by atoms with Crippen molar-refractivity contribution in [2.24, 2.45) is 0 Å². The Kier molecular flexibility index (Phi) is 28.4. The summed E-state index contributed by atoms with van der Waals surface area (Å²) in [5.74, 6) is 0. The lowest BCUT2D eigenvalue weighted by molar-refractivity contribution is 0.349. The van der Waals surface area contributed by atoms with Gasteiger partial charge in [0.15, 0.2) is 0 Å². The fourth-order valence-corrected chi connectivity index (χ4v) is 52.6. The molecule has 0 amide bonds. The molecular weight excluding hydrogens is 1430 g/mol. The zero-order valence-electron chi connectivity index (χ0n) is 52.1. The van der Waals surface area contributed by atoms with E-state index in [0.717, 1.165) is 16.2 Å². The molecule has 0 fully saturated rings. The Hall–Kier alpha value is -5.58. The molecule has 0 radical (unpaired) electrons. The number of benzene rings is 13. The summed E-state index contributed by atoms with van der Waals surface area (Å²) in [5, 5.41) is 10.2. The average Bonchev–Trinajstić information content (AvgIpc) is 0.707. The molecule has 0 spiro atoms. The highest BCUT2D eigenvalue weighted by Crippen LogP contribution is 2.78. The zero-order valence-corrected chi connectivity index (χ0v) is 64.0. The van der Waals surface area contributed by atoms with Gasteiger partial charge in [-0.2, -0.15) is 0 Å². The van der Waals surface area contributed by atoms with Crippen molar-refractivity contribution in [1.82, 2.24) is 0 Å². The molecule has 0 aliphatic heterocycles. The highest BCUT2D eigenvalue weighted by molar-refractivity contribution is 9.21. The summed E-state index contributed by atoms with van der Waals surface area (Å²) in [6.07, 6.45) is -2.26. The van der Waals surface area contributed by atoms with Crippen molar-refractivity contribution in [3.8, 4) is 0 Å². The second-order valence-corrected chi connectivity index (χ2v) is 59.7. The van der Waals surface area contributed by atoms with Gasteiger partial charge in [0.2, 0.25) is 0 Å². The number of hydrogen-bond acceptors (Lipinski definition) is 9. The molecule has 0 bridgehead atoms. The van der Waals surface area contributed by atoms with Gasteiger partial charge in [0.05, 0.1) is 17.1 Å². The van der Waals surface area contributed by atoms with E-state index in [-0.39, 0.29) is 7.43 Å². The van der Waals surface area contributed by atoms with E-state index < -0.39 is 34.2 Å². The maximum absolute atomic E-state index is 6.69. The topological polar surface area (TPSA) is 9.23 Å². The average molecular weight is 1510 g/mol. The van der Waals surface area contributed by atoms with E-state index in [4.69, 9.17) is 75.4 Å². The van der Waals surface area contributed by atoms with E-state index >= 15 is 0 Å². The van der Waals surface area contributed by atoms with Gasteiger partial charge in [-0.05, 0) is 86.1 Å². The van der Waals surface area contributed by atoms with Crippen molar-refractivity contribution in [2.75, 3.05) is 6.66 Å². The smallest absolute Gasteiger partial charge is 0.123 e. The van der Waals surface area contributed by atoms with Gasteiger partial charge in [0.25, 0.3) is 0 Å². The summed E-state index contributed by atoms with van der Waals surface area (Å²) < 4.78 is 6.31. The van der Waals surface area contributed by atoms with E-state index in [0.29, 0.717) is 6.61 Å². The maximum atomic E-state index is 6.69. The van der Waals surface area contributed by atoms with Crippen LogP contribution in [0.25, 0.3) is 0 Å². The Morgan fingerprint density at radius 1 is 0.229 bits per heavy atom. The standard InChI is InChI=1S/C24H20P2S4.C24H20P2S2.C19H17OPS.C13H13PS.CH4/c27-25(21-13-5-1-6-14-21,22-15-7-2-8-16-22)29-30-26(28,23-17-9-3-10-18-23)24-19-11-4-12-20-24;27-25(21-13-5-1-6-14-21,22-15-7-2-8-16-22)26(28,23-17-9-3-10-18-23)24-19-11-4-12-20-24;22-21(18-12-6-2-7-13-18,19-14-8-3-9-15-19)20-16-17-10-4-1-5-11-17;1-14(15,12-8-4-2-5-9-12)13-10-6-3-7-11-13;/h1-20H;1-20H;1-15H,16H2;2-11H,1H3;1H4. The molecule has 15 heteroatoms. The minimum Gasteiger partial charge on any atom is -0.338 e. The molecule has 1 nitrogen and oxygen atoms in total. The molecule has 0 saturated carbocycles. The second kappa shape index (κ2) is 36.5. The first kappa shape index (κ1) is 74.6. The van der Waals surface area contributed by atoms with Gasteiger partial charge >= 0.3 is 0 Å². The zero-order chi connectivity index (χ0) is 66.3. The monoisotopic (exact) mass is 1500 g/mol. The largest absolute Gasteiger partial charge is 0.338 e. The Labute approximate surface area is 608 Å². The molecule has 13 aromatic carbocycles. The Morgan fingerprint density at radius 2 is 0.396 bits per heavy atom. The minimum atomic E-state index is -2.33. The molecule has 0 atom stereocenters. The van der Waals surface area contributed by atoms with Crippen LogP contribution in [-0.2, 0) is 82.0 Å². The summed E-state index contributed by atoms with van der Waals surface area (Å²) in [6, 6.07) is 134. The summed E-state index contributed by atoms with van der Waals surface area (Å²) in [7, 11) is 3.63. The van der Waals surface area contributed by atoms with Gasteiger partial charge in [0.1, 0.15) is 6.26 Å². The lowest BCUT2D eigenvalue weighted by Crippen LogP contribution is -2.25. The van der Waals surface area contributed by atoms with E-state index in [9.17, 15) is 0 Å². The molecule has 0 saturated heterocycles. The lowest BCUT2D eigenvalue weighted by Gasteiger charge is -2.37. The van der Waals surface area contributed by atoms with Crippen LogP contribution in [0.5, 0.6) is 0 Å². The molecule has 13 aromatic rings. The van der Waals surface area contributed by atoms with Crippen LogP contribution in [0.1, 0.15) is 13.0 Å². The van der Waals surface area contributed by atoms with Crippen molar-refractivity contribution < 1.29 is 4.52 Å². The predicted octanol–water partition coefficient (Wildman–Crippen LogP) is 19.3. The molecule has 13 rings (SSSR count). The first-order valence-electron chi connectivity index (χ1n) is 30.6. The predicted molar refractivity (Wildman–Crippen MR) is 458 cm³/mol. The minimum absolute atomic E-state index is 0. The van der Waals surface area contributed by atoms with Crippen molar-refractivity contribution in [3.63, 3.8) is 0 Å². The van der Waals surface area contributed by atoms with Crippen LogP contribution < -0.4 is 63.7 Å². The highest BCUT2D eigenvalue weighted by atomic mass is 33.5. The molecule has 482 valence electrons. The van der Waals surface area contributed by atoms with E-state index in [1.54, 1.807) is 0 Å². The molecular formula is C81H74OP6S8. The summed E-state index contributed by atoms with van der Waals surface area (Å²) in [4.78, 5) is 0. The van der Waals surface area contributed by atoms with Crippen LogP contribution in [0.15, 0.2) is 394 Å². The van der Waals surface area contributed by atoms with Gasteiger partial charge in [-0.25, -0.2) is 0 Å². The molecule has 0 aliphatic rings. The van der Waals surface area contributed by atoms with Gasteiger partial charge in [-0.15, -0.1) is 0 Å². The quantitative estimate of drug-likeness (QED) is 0.0573. The Balaban J connectivity index is 0.000000154. The molecule has 0 unspecified atom stereocenters. The van der Waals surface area contributed by atoms with Crippen LogP contribution in [0, 0.1) is 0 Å². The van der Waals surface area contributed by atoms with Gasteiger partial charge < -0.3 is 4.52 Å². The molecule has 0 aromatic heterocycles. The van der Waals surface area contributed by atoms with Crippen LogP contribution >= 0.6 is 55.1 Å². The van der Waals surface area contributed by atoms with Gasteiger partial charge in [-0.1, -0.05) is 473 Å².